The van der Waals surface area contributed by atoms with Gasteiger partial charge in [0.2, 0.25) is 0 Å². The van der Waals surface area contributed by atoms with Gasteiger partial charge >= 0.3 is 0 Å². The molecule has 0 saturated carbocycles. The SMILES string of the molecule is Cc1cc(I)cc(C=Nc2cccc(NC(=O)c3ccco3)c2)c1O. The minimum absolute atomic E-state index is 0.214. The molecule has 0 atom stereocenters. The Morgan fingerprint density at radius 3 is 2.84 bits per heavy atom. The van der Waals surface area contributed by atoms with E-state index in [2.05, 4.69) is 32.9 Å². The molecular formula is C19H15IN2O3. The van der Waals surface area contributed by atoms with Crippen LogP contribution in [0.3, 0.4) is 0 Å². The highest BCUT2D eigenvalue weighted by Crippen LogP contribution is 2.25. The number of phenolic OH excluding ortho intramolecular Hbond substituents is 1. The number of anilines is 1. The van der Waals surface area contributed by atoms with Crippen LogP contribution in [-0.2, 0) is 0 Å². The minimum atomic E-state index is -0.322. The van der Waals surface area contributed by atoms with Crippen LogP contribution in [0, 0.1) is 10.5 Å². The number of furan rings is 1. The number of nitrogens with zero attached hydrogens (tertiary/aromatic N) is 1. The van der Waals surface area contributed by atoms with Crippen molar-refractivity contribution in [3.63, 3.8) is 0 Å². The van der Waals surface area contributed by atoms with E-state index in [9.17, 15) is 9.90 Å². The predicted molar refractivity (Wildman–Crippen MR) is 106 cm³/mol. The van der Waals surface area contributed by atoms with Gasteiger partial charge in [0.1, 0.15) is 5.75 Å². The Balaban J connectivity index is 1.79. The highest BCUT2D eigenvalue weighted by atomic mass is 127. The van der Waals surface area contributed by atoms with Gasteiger partial charge in [-0.1, -0.05) is 6.07 Å². The van der Waals surface area contributed by atoms with Gasteiger partial charge in [-0.25, -0.2) is 0 Å². The third kappa shape index (κ3) is 4.27. The number of carbonyl (C=O) groups is 1. The highest BCUT2D eigenvalue weighted by molar-refractivity contribution is 14.1. The molecule has 0 unspecified atom stereocenters. The third-order valence-electron chi connectivity index (χ3n) is 3.50. The first-order chi connectivity index (χ1) is 12.0. The number of halogens is 1. The molecule has 3 rings (SSSR count). The standard InChI is InChI=1S/C19H15IN2O3/c1-12-8-14(20)9-13(18(12)23)11-21-15-4-2-5-16(10-15)22-19(24)17-6-3-7-25-17/h2-11,23H,1H3,(H,22,24). The van der Waals surface area contributed by atoms with E-state index in [0.29, 0.717) is 16.9 Å². The van der Waals surface area contributed by atoms with E-state index in [1.165, 1.54) is 6.26 Å². The molecule has 0 saturated heterocycles. The Morgan fingerprint density at radius 1 is 1.24 bits per heavy atom. The number of aryl methyl sites for hydroxylation is 1. The second kappa shape index (κ2) is 7.52. The molecule has 25 heavy (non-hydrogen) atoms. The Kier molecular flexibility index (Phi) is 5.18. The van der Waals surface area contributed by atoms with Gasteiger partial charge in [0, 0.05) is 21.0 Å². The first kappa shape index (κ1) is 17.2. The predicted octanol–water partition coefficient (Wildman–Crippen LogP) is 4.90. The summed E-state index contributed by atoms with van der Waals surface area (Å²) in [5.74, 6) is 0.136. The molecule has 1 aromatic heterocycles. The maximum Gasteiger partial charge on any atom is 0.291 e. The van der Waals surface area contributed by atoms with Crippen LogP contribution in [-0.4, -0.2) is 17.2 Å². The zero-order valence-corrected chi connectivity index (χ0v) is 15.5. The zero-order chi connectivity index (χ0) is 17.8. The van der Waals surface area contributed by atoms with Crippen LogP contribution < -0.4 is 5.32 Å². The molecule has 0 spiro atoms. The van der Waals surface area contributed by atoms with Gasteiger partial charge < -0.3 is 14.8 Å². The second-order valence-corrected chi connectivity index (χ2v) is 6.65. The van der Waals surface area contributed by atoms with E-state index in [4.69, 9.17) is 4.42 Å². The van der Waals surface area contributed by atoms with Gasteiger partial charge in [-0.15, -0.1) is 0 Å². The highest BCUT2D eigenvalue weighted by Gasteiger charge is 2.09. The Hall–Kier alpha value is -2.61. The molecule has 6 heteroatoms. The number of hydrogen-bond donors (Lipinski definition) is 2. The molecule has 0 bridgehead atoms. The number of amides is 1. The van der Waals surface area contributed by atoms with E-state index < -0.39 is 0 Å². The van der Waals surface area contributed by atoms with Gasteiger partial charge in [0.05, 0.1) is 12.0 Å². The lowest BCUT2D eigenvalue weighted by atomic mass is 10.1. The van der Waals surface area contributed by atoms with E-state index in [-0.39, 0.29) is 17.4 Å². The minimum Gasteiger partial charge on any atom is -0.507 e. The van der Waals surface area contributed by atoms with Crippen molar-refractivity contribution in [1.82, 2.24) is 0 Å². The number of aliphatic imine (C=N–C) groups is 1. The smallest absolute Gasteiger partial charge is 0.291 e. The molecule has 2 N–H and O–H groups in total. The van der Waals surface area contributed by atoms with E-state index in [0.717, 1.165) is 9.13 Å². The summed E-state index contributed by atoms with van der Waals surface area (Å²) in [6, 6.07) is 14.1. The fraction of sp³-hybridized carbons (Fsp3) is 0.0526. The van der Waals surface area contributed by atoms with Gasteiger partial charge in [-0.2, -0.15) is 0 Å². The van der Waals surface area contributed by atoms with Gasteiger partial charge in [-0.05, 0) is 77.5 Å². The first-order valence-corrected chi connectivity index (χ1v) is 8.59. The quantitative estimate of drug-likeness (QED) is 0.442. The van der Waals surface area contributed by atoms with Crippen molar-refractivity contribution >= 4 is 46.1 Å². The third-order valence-corrected chi connectivity index (χ3v) is 4.12. The maximum absolute atomic E-state index is 12.0. The summed E-state index contributed by atoms with van der Waals surface area (Å²) in [7, 11) is 0. The summed E-state index contributed by atoms with van der Waals surface area (Å²) < 4.78 is 6.09. The Morgan fingerprint density at radius 2 is 2.08 bits per heavy atom. The number of aromatic hydroxyl groups is 1. The summed E-state index contributed by atoms with van der Waals surface area (Å²) in [6.45, 7) is 1.85. The lowest BCUT2D eigenvalue weighted by Crippen LogP contribution is -2.10. The molecule has 1 heterocycles. The number of rotatable bonds is 4. The van der Waals surface area contributed by atoms with Crippen LogP contribution in [0.4, 0.5) is 11.4 Å². The molecule has 1 amide bonds. The Bertz CT molecular complexity index is 934. The first-order valence-electron chi connectivity index (χ1n) is 7.51. The monoisotopic (exact) mass is 446 g/mol. The molecule has 126 valence electrons. The largest absolute Gasteiger partial charge is 0.507 e. The lowest BCUT2D eigenvalue weighted by molar-refractivity contribution is 0.0996. The number of nitrogens with one attached hydrogen (secondary N) is 1. The van der Waals surface area contributed by atoms with E-state index in [1.807, 2.05) is 25.1 Å². The van der Waals surface area contributed by atoms with Gasteiger partial charge in [0.25, 0.3) is 5.91 Å². The fourth-order valence-electron chi connectivity index (χ4n) is 2.27. The summed E-state index contributed by atoms with van der Waals surface area (Å²) in [6.07, 6.45) is 3.06. The number of benzene rings is 2. The molecule has 0 aliphatic rings. The van der Waals surface area contributed by atoms with Crippen LogP contribution in [0.2, 0.25) is 0 Å². The number of phenols is 1. The van der Waals surface area contributed by atoms with Crippen molar-refractivity contribution in [1.29, 1.82) is 0 Å². The van der Waals surface area contributed by atoms with Crippen LogP contribution in [0.25, 0.3) is 0 Å². The van der Waals surface area contributed by atoms with Crippen LogP contribution >= 0.6 is 22.6 Å². The van der Waals surface area contributed by atoms with Crippen LogP contribution in [0.15, 0.2) is 64.2 Å². The average Bonchev–Trinajstić information content (AvgIpc) is 3.12. The van der Waals surface area contributed by atoms with Crippen LogP contribution in [0.1, 0.15) is 21.7 Å². The summed E-state index contributed by atoms with van der Waals surface area (Å²) in [4.78, 5) is 16.4. The molecule has 0 fully saturated rings. The average molecular weight is 446 g/mol. The molecule has 0 aliphatic carbocycles. The van der Waals surface area contributed by atoms with Crippen molar-refractivity contribution < 1.29 is 14.3 Å². The van der Waals surface area contributed by atoms with Crippen molar-refractivity contribution in [2.75, 3.05) is 5.32 Å². The summed E-state index contributed by atoms with van der Waals surface area (Å²) in [5.41, 5.74) is 2.72. The lowest BCUT2D eigenvalue weighted by Gasteiger charge is -2.05. The number of hydrogen-bond acceptors (Lipinski definition) is 4. The molecule has 3 aromatic rings. The van der Waals surface area contributed by atoms with Crippen LogP contribution in [0.5, 0.6) is 5.75 Å². The zero-order valence-electron chi connectivity index (χ0n) is 13.4. The normalized spacial score (nSPS) is 11.0. The topological polar surface area (TPSA) is 74.8 Å². The maximum atomic E-state index is 12.0. The molecule has 0 radical (unpaired) electrons. The van der Waals surface area contributed by atoms with Crippen molar-refractivity contribution in [3.8, 4) is 5.75 Å². The molecule has 2 aromatic carbocycles. The van der Waals surface area contributed by atoms with Crippen molar-refractivity contribution in [2.45, 2.75) is 6.92 Å². The fourth-order valence-corrected chi connectivity index (χ4v) is 3.07. The van der Waals surface area contributed by atoms with Crippen molar-refractivity contribution in [3.05, 3.63) is 75.3 Å². The van der Waals surface area contributed by atoms with E-state index in [1.54, 1.807) is 36.5 Å². The summed E-state index contributed by atoms with van der Waals surface area (Å²) in [5, 5.41) is 12.9. The molecule has 5 nitrogen and oxygen atoms in total. The second-order valence-electron chi connectivity index (χ2n) is 5.40. The van der Waals surface area contributed by atoms with Crippen molar-refractivity contribution in [2.24, 2.45) is 4.99 Å². The molecular weight excluding hydrogens is 431 g/mol. The number of carbonyl (C=O) groups excluding carboxylic acids is 1. The van der Waals surface area contributed by atoms with E-state index >= 15 is 0 Å². The summed E-state index contributed by atoms with van der Waals surface area (Å²) >= 11 is 2.20. The van der Waals surface area contributed by atoms with Gasteiger partial charge in [0.15, 0.2) is 5.76 Å². The Labute approximate surface area is 158 Å². The molecule has 0 aliphatic heterocycles. The van der Waals surface area contributed by atoms with Gasteiger partial charge in [-0.3, -0.25) is 9.79 Å².